The van der Waals surface area contributed by atoms with Crippen LogP contribution in [0, 0.1) is 12.8 Å². The maximum Gasteiger partial charge on any atom is 0.250 e. The van der Waals surface area contributed by atoms with E-state index in [1.165, 1.54) is 0 Å². The van der Waals surface area contributed by atoms with Gasteiger partial charge >= 0.3 is 0 Å². The van der Waals surface area contributed by atoms with Gasteiger partial charge in [0.2, 0.25) is 5.91 Å². The highest BCUT2D eigenvalue weighted by atomic mass is 16.2. The Morgan fingerprint density at radius 1 is 1.30 bits per heavy atom. The molecule has 0 aliphatic carbocycles. The molecule has 4 heteroatoms. The molecule has 0 radical (unpaired) electrons. The number of carbonyl (C=O) groups excluding carboxylic acids is 2. The maximum atomic E-state index is 12.7. The molecular formula is C16H22N2O2. The highest BCUT2D eigenvalue weighted by Gasteiger charge is 2.41. The van der Waals surface area contributed by atoms with E-state index in [-0.39, 0.29) is 17.7 Å². The first-order chi connectivity index (χ1) is 9.47. The van der Waals surface area contributed by atoms with E-state index < -0.39 is 12.1 Å². The van der Waals surface area contributed by atoms with Gasteiger partial charge in [-0.15, -0.1) is 0 Å². The second kappa shape index (κ2) is 5.65. The standard InChI is InChI=1S/C16H22N2O2/c1-5-10(2)14-16(20)18(12(4)15(19)17-14)13-9-7-6-8-11(13)3/h6-10,12,14H,5H2,1-4H3,(H,17,19). The van der Waals surface area contributed by atoms with Gasteiger partial charge in [0.25, 0.3) is 5.91 Å². The average Bonchev–Trinajstić information content (AvgIpc) is 2.44. The summed E-state index contributed by atoms with van der Waals surface area (Å²) in [6, 6.07) is 6.79. The van der Waals surface area contributed by atoms with Crippen LogP contribution < -0.4 is 10.2 Å². The van der Waals surface area contributed by atoms with Crippen molar-refractivity contribution in [1.29, 1.82) is 0 Å². The molecule has 1 aliphatic rings. The molecule has 1 N–H and O–H groups in total. The van der Waals surface area contributed by atoms with Crippen molar-refractivity contribution in [1.82, 2.24) is 5.32 Å². The van der Waals surface area contributed by atoms with E-state index in [0.717, 1.165) is 17.7 Å². The van der Waals surface area contributed by atoms with Crippen LogP contribution in [0.2, 0.25) is 0 Å². The number of amides is 2. The van der Waals surface area contributed by atoms with Crippen LogP contribution in [0.1, 0.15) is 32.8 Å². The molecule has 1 aromatic rings. The molecule has 0 saturated carbocycles. The first-order valence-corrected chi connectivity index (χ1v) is 7.16. The molecule has 1 aromatic carbocycles. The van der Waals surface area contributed by atoms with Gasteiger partial charge in [0, 0.05) is 5.69 Å². The zero-order chi connectivity index (χ0) is 14.9. The molecule has 2 amide bonds. The molecule has 1 fully saturated rings. The van der Waals surface area contributed by atoms with Crippen LogP contribution >= 0.6 is 0 Å². The number of carbonyl (C=O) groups is 2. The summed E-state index contributed by atoms with van der Waals surface area (Å²) in [5, 5.41) is 2.86. The number of benzene rings is 1. The molecule has 1 saturated heterocycles. The lowest BCUT2D eigenvalue weighted by molar-refractivity contribution is -0.134. The molecule has 1 heterocycles. The number of piperazine rings is 1. The lowest BCUT2D eigenvalue weighted by Gasteiger charge is -2.39. The highest BCUT2D eigenvalue weighted by Crippen LogP contribution is 2.27. The fourth-order valence-corrected chi connectivity index (χ4v) is 2.58. The molecule has 3 atom stereocenters. The van der Waals surface area contributed by atoms with Gasteiger partial charge in [-0.1, -0.05) is 38.5 Å². The summed E-state index contributed by atoms with van der Waals surface area (Å²) in [4.78, 5) is 26.5. The molecule has 1 aliphatic heterocycles. The van der Waals surface area contributed by atoms with Gasteiger partial charge in [0.05, 0.1) is 0 Å². The number of rotatable bonds is 3. The zero-order valence-corrected chi connectivity index (χ0v) is 12.5. The normalized spacial score (nSPS) is 24.5. The van der Waals surface area contributed by atoms with Crippen molar-refractivity contribution in [3.63, 3.8) is 0 Å². The minimum absolute atomic E-state index is 0.0132. The Labute approximate surface area is 120 Å². The van der Waals surface area contributed by atoms with Crippen LogP contribution in [0.15, 0.2) is 24.3 Å². The molecule has 3 unspecified atom stereocenters. The SMILES string of the molecule is CCC(C)C1NC(=O)C(C)N(c2ccccc2C)C1=O. The van der Waals surface area contributed by atoms with Crippen LogP contribution in [0.4, 0.5) is 5.69 Å². The Hall–Kier alpha value is -1.84. The lowest BCUT2D eigenvalue weighted by Crippen LogP contribution is -2.64. The van der Waals surface area contributed by atoms with E-state index >= 15 is 0 Å². The zero-order valence-electron chi connectivity index (χ0n) is 12.5. The first-order valence-electron chi connectivity index (χ1n) is 7.16. The molecule has 0 bridgehead atoms. The Kier molecular flexibility index (Phi) is 4.12. The minimum Gasteiger partial charge on any atom is -0.342 e. The predicted octanol–water partition coefficient (Wildman–Crippen LogP) is 2.26. The summed E-state index contributed by atoms with van der Waals surface area (Å²) in [6.45, 7) is 7.75. The van der Waals surface area contributed by atoms with Gasteiger partial charge in [0.15, 0.2) is 0 Å². The van der Waals surface area contributed by atoms with Crippen LogP contribution in [-0.4, -0.2) is 23.9 Å². The molecule has 0 aromatic heterocycles. The smallest absolute Gasteiger partial charge is 0.250 e. The Bertz CT molecular complexity index is 527. The summed E-state index contributed by atoms with van der Waals surface area (Å²) in [5.74, 6) is 0.0318. The Morgan fingerprint density at radius 3 is 2.55 bits per heavy atom. The fourth-order valence-electron chi connectivity index (χ4n) is 2.58. The van der Waals surface area contributed by atoms with Crippen molar-refractivity contribution in [2.75, 3.05) is 4.90 Å². The largest absolute Gasteiger partial charge is 0.342 e. The second-order valence-corrected chi connectivity index (χ2v) is 5.54. The fraction of sp³-hybridized carbons (Fsp3) is 0.500. The van der Waals surface area contributed by atoms with E-state index in [1.807, 2.05) is 45.0 Å². The molecular weight excluding hydrogens is 252 g/mol. The summed E-state index contributed by atoms with van der Waals surface area (Å²) in [5.41, 5.74) is 1.83. The van der Waals surface area contributed by atoms with E-state index in [9.17, 15) is 9.59 Å². The van der Waals surface area contributed by atoms with E-state index in [1.54, 1.807) is 11.8 Å². The number of aryl methyl sites for hydroxylation is 1. The average molecular weight is 274 g/mol. The molecule has 108 valence electrons. The number of anilines is 1. The van der Waals surface area contributed by atoms with Crippen LogP contribution in [-0.2, 0) is 9.59 Å². The monoisotopic (exact) mass is 274 g/mol. The number of para-hydroxylation sites is 1. The predicted molar refractivity (Wildman–Crippen MR) is 79.5 cm³/mol. The van der Waals surface area contributed by atoms with E-state index in [0.29, 0.717) is 0 Å². The van der Waals surface area contributed by atoms with Gasteiger partial charge < -0.3 is 5.32 Å². The topological polar surface area (TPSA) is 49.4 Å². The molecule has 20 heavy (non-hydrogen) atoms. The number of hydrogen-bond acceptors (Lipinski definition) is 2. The van der Waals surface area contributed by atoms with Crippen molar-refractivity contribution >= 4 is 17.5 Å². The summed E-state index contributed by atoms with van der Waals surface area (Å²) >= 11 is 0. The quantitative estimate of drug-likeness (QED) is 0.919. The third kappa shape index (κ3) is 2.42. The van der Waals surface area contributed by atoms with Gasteiger partial charge in [-0.25, -0.2) is 0 Å². The van der Waals surface area contributed by atoms with Crippen molar-refractivity contribution in [2.45, 2.75) is 46.2 Å². The van der Waals surface area contributed by atoms with Gasteiger partial charge in [0.1, 0.15) is 12.1 Å². The van der Waals surface area contributed by atoms with E-state index in [4.69, 9.17) is 0 Å². The third-order valence-electron chi connectivity index (χ3n) is 4.16. The van der Waals surface area contributed by atoms with Crippen LogP contribution in [0.3, 0.4) is 0 Å². The van der Waals surface area contributed by atoms with Crippen molar-refractivity contribution in [3.05, 3.63) is 29.8 Å². The van der Waals surface area contributed by atoms with Gasteiger partial charge in [-0.05, 0) is 31.4 Å². The lowest BCUT2D eigenvalue weighted by atomic mass is 9.94. The van der Waals surface area contributed by atoms with E-state index in [2.05, 4.69) is 5.32 Å². The summed E-state index contributed by atoms with van der Waals surface area (Å²) < 4.78 is 0. The molecule has 4 nitrogen and oxygen atoms in total. The van der Waals surface area contributed by atoms with Gasteiger partial charge in [-0.3, -0.25) is 14.5 Å². The highest BCUT2D eigenvalue weighted by molar-refractivity contribution is 6.08. The molecule has 0 spiro atoms. The van der Waals surface area contributed by atoms with Crippen molar-refractivity contribution in [3.8, 4) is 0 Å². The number of nitrogens with one attached hydrogen (secondary N) is 1. The number of hydrogen-bond donors (Lipinski definition) is 1. The van der Waals surface area contributed by atoms with Crippen LogP contribution in [0.5, 0.6) is 0 Å². The van der Waals surface area contributed by atoms with Crippen molar-refractivity contribution in [2.24, 2.45) is 5.92 Å². The minimum atomic E-state index is -0.469. The Morgan fingerprint density at radius 2 is 1.95 bits per heavy atom. The maximum absolute atomic E-state index is 12.7. The summed E-state index contributed by atoms with van der Waals surface area (Å²) in [7, 11) is 0. The molecule has 2 rings (SSSR count). The summed E-state index contributed by atoms with van der Waals surface area (Å²) in [6.07, 6.45) is 0.854. The third-order valence-corrected chi connectivity index (χ3v) is 4.16. The first kappa shape index (κ1) is 14.6. The number of nitrogens with zero attached hydrogens (tertiary/aromatic N) is 1. The second-order valence-electron chi connectivity index (χ2n) is 5.54. The van der Waals surface area contributed by atoms with Crippen molar-refractivity contribution < 1.29 is 9.59 Å². The van der Waals surface area contributed by atoms with Gasteiger partial charge in [-0.2, -0.15) is 0 Å². The Balaban J connectivity index is 2.41. The van der Waals surface area contributed by atoms with Crippen LogP contribution in [0.25, 0.3) is 0 Å².